The molecule has 0 saturated carbocycles. The SMILES string of the molecule is CSc1ncc(Cl)c(C(=O)N(C)CCC(=O)O)n1. The van der Waals surface area contributed by atoms with Gasteiger partial charge in [-0.2, -0.15) is 0 Å². The third kappa shape index (κ3) is 3.85. The Morgan fingerprint density at radius 2 is 2.22 bits per heavy atom. The van der Waals surface area contributed by atoms with Crippen LogP contribution in [0.5, 0.6) is 0 Å². The molecule has 0 aliphatic heterocycles. The van der Waals surface area contributed by atoms with E-state index in [1.165, 1.54) is 29.9 Å². The maximum absolute atomic E-state index is 12.0. The van der Waals surface area contributed by atoms with Crippen molar-refractivity contribution in [3.8, 4) is 0 Å². The predicted octanol–water partition coefficient (Wildman–Crippen LogP) is 1.40. The van der Waals surface area contributed by atoms with E-state index in [1.807, 2.05) is 0 Å². The Bertz CT molecular complexity index is 470. The van der Waals surface area contributed by atoms with Crippen LogP contribution in [-0.4, -0.2) is 51.7 Å². The summed E-state index contributed by atoms with van der Waals surface area (Å²) in [5, 5.41) is 9.15. The first kappa shape index (κ1) is 14.7. The van der Waals surface area contributed by atoms with Crippen LogP contribution in [0, 0.1) is 0 Å². The van der Waals surface area contributed by atoms with Crippen molar-refractivity contribution in [3.63, 3.8) is 0 Å². The number of carboxylic acids is 1. The molecule has 0 saturated heterocycles. The fraction of sp³-hybridized carbons (Fsp3) is 0.400. The molecule has 1 rings (SSSR count). The number of rotatable bonds is 5. The van der Waals surface area contributed by atoms with Crippen LogP contribution in [-0.2, 0) is 4.79 Å². The molecule has 8 heteroatoms. The van der Waals surface area contributed by atoms with Crippen LogP contribution in [0.15, 0.2) is 11.4 Å². The van der Waals surface area contributed by atoms with Crippen LogP contribution in [0.2, 0.25) is 5.02 Å². The first-order valence-corrected chi connectivity index (χ1v) is 6.59. The van der Waals surface area contributed by atoms with E-state index in [4.69, 9.17) is 16.7 Å². The zero-order chi connectivity index (χ0) is 13.7. The Balaban J connectivity index is 2.85. The minimum Gasteiger partial charge on any atom is -0.481 e. The van der Waals surface area contributed by atoms with Gasteiger partial charge >= 0.3 is 5.97 Å². The molecule has 1 amide bonds. The summed E-state index contributed by atoms with van der Waals surface area (Å²) in [7, 11) is 1.50. The first-order chi connectivity index (χ1) is 8.45. The molecular formula is C10H12ClN3O3S. The molecule has 0 radical (unpaired) electrons. The van der Waals surface area contributed by atoms with Crippen LogP contribution < -0.4 is 0 Å². The quantitative estimate of drug-likeness (QED) is 0.651. The number of thioether (sulfide) groups is 1. The van der Waals surface area contributed by atoms with Gasteiger partial charge in [0.2, 0.25) is 0 Å². The summed E-state index contributed by atoms with van der Waals surface area (Å²) in [6.07, 6.45) is 3.02. The summed E-state index contributed by atoms with van der Waals surface area (Å²) in [5.41, 5.74) is 0.0869. The van der Waals surface area contributed by atoms with Gasteiger partial charge in [-0.25, -0.2) is 9.97 Å². The van der Waals surface area contributed by atoms with Crippen LogP contribution in [0.3, 0.4) is 0 Å². The van der Waals surface area contributed by atoms with Gasteiger partial charge in [0.25, 0.3) is 5.91 Å². The minimum atomic E-state index is -0.965. The van der Waals surface area contributed by atoms with E-state index in [9.17, 15) is 9.59 Å². The lowest BCUT2D eigenvalue weighted by Gasteiger charge is -2.16. The molecule has 0 fully saturated rings. The molecule has 1 N–H and O–H groups in total. The second-order valence-electron chi connectivity index (χ2n) is 3.42. The Labute approximate surface area is 113 Å². The smallest absolute Gasteiger partial charge is 0.305 e. The monoisotopic (exact) mass is 289 g/mol. The first-order valence-electron chi connectivity index (χ1n) is 4.99. The zero-order valence-corrected chi connectivity index (χ0v) is 11.5. The van der Waals surface area contributed by atoms with Crippen LogP contribution >= 0.6 is 23.4 Å². The summed E-state index contributed by atoms with van der Waals surface area (Å²) in [4.78, 5) is 31.7. The fourth-order valence-electron chi connectivity index (χ4n) is 1.14. The number of carbonyl (C=O) groups is 2. The highest BCUT2D eigenvalue weighted by atomic mass is 35.5. The lowest BCUT2D eigenvalue weighted by Crippen LogP contribution is -2.30. The fourth-order valence-corrected chi connectivity index (χ4v) is 1.66. The van der Waals surface area contributed by atoms with Crippen molar-refractivity contribution in [2.45, 2.75) is 11.6 Å². The molecule has 0 atom stereocenters. The number of halogens is 1. The maximum atomic E-state index is 12.0. The lowest BCUT2D eigenvalue weighted by atomic mass is 10.3. The van der Waals surface area contributed by atoms with Gasteiger partial charge in [0, 0.05) is 13.6 Å². The van der Waals surface area contributed by atoms with E-state index in [-0.39, 0.29) is 23.7 Å². The minimum absolute atomic E-state index is 0.0869. The van der Waals surface area contributed by atoms with Crippen molar-refractivity contribution in [2.24, 2.45) is 0 Å². The number of aliphatic carboxylic acids is 1. The van der Waals surface area contributed by atoms with Gasteiger partial charge in [0.15, 0.2) is 10.9 Å². The molecule has 1 aromatic heterocycles. The molecule has 0 aliphatic rings. The van der Waals surface area contributed by atoms with Crippen LogP contribution in [0.1, 0.15) is 16.9 Å². The zero-order valence-electron chi connectivity index (χ0n) is 9.88. The summed E-state index contributed by atoms with van der Waals surface area (Å²) in [5.74, 6) is -1.38. The molecule has 0 unspecified atom stereocenters. The molecule has 0 aromatic carbocycles. The van der Waals surface area contributed by atoms with Crippen molar-refractivity contribution in [3.05, 3.63) is 16.9 Å². The molecule has 1 aromatic rings. The highest BCUT2D eigenvalue weighted by Gasteiger charge is 2.18. The van der Waals surface area contributed by atoms with E-state index in [0.29, 0.717) is 5.16 Å². The number of carbonyl (C=O) groups excluding carboxylic acids is 1. The van der Waals surface area contributed by atoms with Gasteiger partial charge in [-0.3, -0.25) is 9.59 Å². The molecule has 0 aliphatic carbocycles. The van der Waals surface area contributed by atoms with E-state index >= 15 is 0 Å². The molecular weight excluding hydrogens is 278 g/mol. The maximum Gasteiger partial charge on any atom is 0.305 e. The number of hydrogen-bond acceptors (Lipinski definition) is 5. The predicted molar refractivity (Wildman–Crippen MR) is 68.0 cm³/mol. The Morgan fingerprint density at radius 1 is 1.56 bits per heavy atom. The van der Waals surface area contributed by atoms with E-state index in [1.54, 1.807) is 6.26 Å². The Morgan fingerprint density at radius 3 is 2.78 bits per heavy atom. The Hall–Kier alpha value is -1.34. The topological polar surface area (TPSA) is 83.4 Å². The average Bonchev–Trinajstić information content (AvgIpc) is 2.35. The highest BCUT2D eigenvalue weighted by Crippen LogP contribution is 2.17. The number of amides is 1. The van der Waals surface area contributed by atoms with Gasteiger partial charge in [0.1, 0.15) is 0 Å². The van der Waals surface area contributed by atoms with Crippen LogP contribution in [0.25, 0.3) is 0 Å². The van der Waals surface area contributed by atoms with Crippen molar-refractivity contribution >= 4 is 35.2 Å². The van der Waals surface area contributed by atoms with Crippen molar-refractivity contribution in [1.29, 1.82) is 0 Å². The average molecular weight is 290 g/mol. The normalized spacial score (nSPS) is 10.2. The van der Waals surface area contributed by atoms with Crippen LogP contribution in [0.4, 0.5) is 0 Å². The molecule has 6 nitrogen and oxygen atoms in total. The summed E-state index contributed by atoms with van der Waals surface area (Å²) in [6.45, 7) is 0.100. The third-order valence-corrected chi connectivity index (χ3v) is 2.95. The number of nitrogens with zero attached hydrogens (tertiary/aromatic N) is 3. The molecule has 0 bridgehead atoms. The van der Waals surface area contributed by atoms with Crippen molar-refractivity contribution in [1.82, 2.24) is 14.9 Å². The molecule has 98 valence electrons. The van der Waals surface area contributed by atoms with E-state index < -0.39 is 11.9 Å². The number of carboxylic acid groups (broad SMARTS) is 1. The second-order valence-corrected chi connectivity index (χ2v) is 4.60. The van der Waals surface area contributed by atoms with E-state index in [0.717, 1.165) is 0 Å². The highest BCUT2D eigenvalue weighted by molar-refractivity contribution is 7.98. The summed E-state index contributed by atoms with van der Waals surface area (Å²) < 4.78 is 0. The van der Waals surface area contributed by atoms with Gasteiger partial charge in [-0.1, -0.05) is 23.4 Å². The van der Waals surface area contributed by atoms with Crippen molar-refractivity contribution in [2.75, 3.05) is 19.8 Å². The number of hydrogen-bond donors (Lipinski definition) is 1. The van der Waals surface area contributed by atoms with Crippen molar-refractivity contribution < 1.29 is 14.7 Å². The molecule has 1 heterocycles. The molecule has 18 heavy (non-hydrogen) atoms. The van der Waals surface area contributed by atoms with Gasteiger partial charge in [-0.05, 0) is 6.26 Å². The second kappa shape index (κ2) is 6.55. The third-order valence-electron chi connectivity index (χ3n) is 2.11. The largest absolute Gasteiger partial charge is 0.481 e. The van der Waals surface area contributed by atoms with Gasteiger partial charge in [0.05, 0.1) is 17.6 Å². The summed E-state index contributed by atoms with van der Waals surface area (Å²) >= 11 is 7.15. The number of aromatic nitrogens is 2. The summed E-state index contributed by atoms with van der Waals surface area (Å²) in [6, 6.07) is 0. The van der Waals surface area contributed by atoms with Gasteiger partial charge < -0.3 is 10.0 Å². The lowest BCUT2D eigenvalue weighted by molar-refractivity contribution is -0.137. The standard InChI is InChI=1S/C10H12ClN3O3S/c1-14(4-3-7(15)16)9(17)8-6(11)5-12-10(13-8)18-2/h5H,3-4H2,1-2H3,(H,15,16). The van der Waals surface area contributed by atoms with Gasteiger partial charge in [-0.15, -0.1) is 0 Å². The Kier molecular flexibility index (Phi) is 5.36. The van der Waals surface area contributed by atoms with E-state index in [2.05, 4.69) is 9.97 Å². The molecule has 0 spiro atoms.